The first-order valence-electron chi connectivity index (χ1n) is 4.90. The number of fused-ring (bicyclic) bond motifs is 1. The fraction of sp³-hybridized carbons (Fsp3) is 0.600. The molecule has 1 N–H and O–H groups in total. The monoisotopic (exact) mass is 273 g/mol. The highest BCUT2D eigenvalue weighted by Gasteiger charge is 2.55. The first kappa shape index (κ1) is 10.7. The summed E-state index contributed by atoms with van der Waals surface area (Å²) in [6.07, 6.45) is 0.635. The lowest BCUT2D eigenvalue weighted by Crippen LogP contribution is -2.60. The van der Waals surface area contributed by atoms with E-state index in [0.29, 0.717) is 10.9 Å². The van der Waals surface area contributed by atoms with Gasteiger partial charge in [-0.2, -0.15) is 0 Å². The molecule has 15 heavy (non-hydrogen) atoms. The summed E-state index contributed by atoms with van der Waals surface area (Å²) in [5.74, 6) is -0.830. The van der Waals surface area contributed by atoms with E-state index in [-0.39, 0.29) is 29.5 Å². The Kier molecular flexibility index (Phi) is 2.37. The molecule has 1 saturated heterocycles. The summed E-state index contributed by atoms with van der Waals surface area (Å²) in [5.41, 5.74) is 0.127. The maximum atomic E-state index is 11.8. The predicted octanol–water partition coefficient (Wildman–Crippen LogP) is 1.56. The summed E-state index contributed by atoms with van der Waals surface area (Å²) in [5, 5.41) is 8.97. The second-order valence-corrected chi connectivity index (χ2v) is 5.27. The molecule has 2 aliphatic rings. The van der Waals surface area contributed by atoms with E-state index in [0.717, 1.165) is 0 Å². The van der Waals surface area contributed by atoms with Crippen molar-refractivity contribution in [3.05, 3.63) is 10.2 Å². The summed E-state index contributed by atoms with van der Waals surface area (Å²) in [7, 11) is 0. The Labute approximate surface area is 96.1 Å². The molecule has 1 amide bonds. The lowest BCUT2D eigenvalue weighted by molar-refractivity contribution is -0.157. The van der Waals surface area contributed by atoms with Gasteiger partial charge in [0.05, 0.1) is 12.0 Å². The van der Waals surface area contributed by atoms with Gasteiger partial charge in [0.2, 0.25) is 5.91 Å². The highest BCUT2D eigenvalue weighted by atomic mass is 79.9. The fourth-order valence-corrected chi connectivity index (χ4v) is 3.11. The zero-order valence-corrected chi connectivity index (χ0v) is 10.1. The summed E-state index contributed by atoms with van der Waals surface area (Å²) >= 11 is 3.24. The Morgan fingerprint density at radius 3 is 2.67 bits per heavy atom. The second-order valence-electron chi connectivity index (χ2n) is 4.31. The number of β-lactam (4-membered cyclic amide) rings is 1. The van der Waals surface area contributed by atoms with Gasteiger partial charge in [0.1, 0.15) is 5.70 Å². The Morgan fingerprint density at radius 2 is 2.20 bits per heavy atom. The number of aliphatic carboxylic acids is 1. The zero-order valence-electron chi connectivity index (χ0n) is 8.53. The second kappa shape index (κ2) is 3.33. The molecule has 2 heterocycles. The molecule has 0 aromatic heterocycles. The maximum absolute atomic E-state index is 11.8. The van der Waals surface area contributed by atoms with Crippen LogP contribution in [0.1, 0.15) is 20.3 Å². The van der Waals surface area contributed by atoms with Crippen LogP contribution in [0, 0.1) is 11.8 Å². The van der Waals surface area contributed by atoms with Gasteiger partial charge in [-0.15, -0.1) is 0 Å². The van der Waals surface area contributed by atoms with E-state index in [1.807, 2.05) is 13.8 Å². The molecule has 0 aromatic carbocycles. The van der Waals surface area contributed by atoms with Gasteiger partial charge in [0.15, 0.2) is 0 Å². The maximum Gasteiger partial charge on any atom is 0.353 e. The lowest BCUT2D eigenvalue weighted by Gasteiger charge is -2.45. The Balaban J connectivity index is 2.27. The SMILES string of the molecule is CC(C)C1C(=O)N2C(C(=O)O)=C(Br)CC12. The average Bonchev–Trinajstić information content (AvgIpc) is 2.38. The molecule has 2 unspecified atom stereocenters. The van der Waals surface area contributed by atoms with E-state index >= 15 is 0 Å². The van der Waals surface area contributed by atoms with Crippen molar-refractivity contribution in [1.82, 2.24) is 4.90 Å². The van der Waals surface area contributed by atoms with Crippen LogP contribution in [0.2, 0.25) is 0 Å². The van der Waals surface area contributed by atoms with Crippen molar-refractivity contribution in [1.29, 1.82) is 0 Å². The molecule has 0 bridgehead atoms. The quantitative estimate of drug-likeness (QED) is 0.777. The van der Waals surface area contributed by atoms with Gasteiger partial charge in [-0.25, -0.2) is 4.79 Å². The van der Waals surface area contributed by atoms with E-state index < -0.39 is 5.97 Å². The van der Waals surface area contributed by atoms with Gasteiger partial charge in [-0.05, 0) is 5.92 Å². The van der Waals surface area contributed by atoms with Gasteiger partial charge in [0, 0.05) is 10.9 Å². The molecule has 5 heteroatoms. The van der Waals surface area contributed by atoms with E-state index in [2.05, 4.69) is 15.9 Å². The van der Waals surface area contributed by atoms with Gasteiger partial charge in [-0.1, -0.05) is 29.8 Å². The summed E-state index contributed by atoms with van der Waals surface area (Å²) < 4.78 is 0.636. The van der Waals surface area contributed by atoms with Crippen LogP contribution in [0.15, 0.2) is 10.2 Å². The van der Waals surface area contributed by atoms with E-state index in [1.165, 1.54) is 4.90 Å². The van der Waals surface area contributed by atoms with Crippen LogP contribution in [-0.4, -0.2) is 27.9 Å². The number of hydrogen-bond acceptors (Lipinski definition) is 2. The largest absolute Gasteiger partial charge is 0.477 e. The van der Waals surface area contributed by atoms with E-state index in [1.54, 1.807) is 0 Å². The average molecular weight is 274 g/mol. The van der Waals surface area contributed by atoms with Crippen LogP contribution in [0.4, 0.5) is 0 Å². The van der Waals surface area contributed by atoms with Crippen molar-refractivity contribution in [2.24, 2.45) is 11.8 Å². The third-order valence-corrected chi connectivity index (χ3v) is 3.78. The molecular weight excluding hydrogens is 262 g/mol. The summed E-state index contributed by atoms with van der Waals surface area (Å²) in [6.45, 7) is 3.99. The van der Waals surface area contributed by atoms with Crippen LogP contribution in [0.3, 0.4) is 0 Å². The zero-order chi connectivity index (χ0) is 11.3. The minimum atomic E-state index is -1.03. The standard InChI is InChI=1S/C10H12BrNO3/c1-4(2)7-6-3-5(11)8(10(14)15)12(6)9(7)13/h4,6-7H,3H2,1-2H3,(H,14,15). The van der Waals surface area contributed by atoms with Crippen molar-refractivity contribution < 1.29 is 14.7 Å². The molecule has 2 aliphatic heterocycles. The molecular formula is C10H12BrNO3. The lowest BCUT2D eigenvalue weighted by atomic mass is 9.79. The summed E-state index contributed by atoms with van der Waals surface area (Å²) in [4.78, 5) is 24.1. The van der Waals surface area contributed by atoms with Gasteiger partial charge < -0.3 is 10.0 Å². The van der Waals surface area contributed by atoms with Gasteiger partial charge in [0.25, 0.3) is 0 Å². The Morgan fingerprint density at radius 1 is 1.60 bits per heavy atom. The molecule has 0 aliphatic carbocycles. The van der Waals surface area contributed by atoms with E-state index in [9.17, 15) is 9.59 Å². The third kappa shape index (κ3) is 1.33. The van der Waals surface area contributed by atoms with Gasteiger partial charge in [-0.3, -0.25) is 4.79 Å². The minimum Gasteiger partial charge on any atom is -0.477 e. The minimum absolute atomic E-state index is 0.0191. The number of rotatable bonds is 2. The molecule has 0 saturated carbocycles. The molecule has 0 spiro atoms. The Bertz CT molecular complexity index is 375. The van der Waals surface area contributed by atoms with Crippen molar-refractivity contribution in [2.45, 2.75) is 26.3 Å². The first-order valence-corrected chi connectivity index (χ1v) is 5.69. The van der Waals surface area contributed by atoms with Crippen LogP contribution in [-0.2, 0) is 9.59 Å². The molecule has 4 nitrogen and oxygen atoms in total. The normalized spacial score (nSPS) is 29.6. The topological polar surface area (TPSA) is 57.6 Å². The van der Waals surface area contributed by atoms with Crippen molar-refractivity contribution in [3.8, 4) is 0 Å². The third-order valence-electron chi connectivity index (χ3n) is 3.08. The van der Waals surface area contributed by atoms with Crippen LogP contribution in [0.5, 0.6) is 0 Å². The molecule has 82 valence electrons. The first-order chi connectivity index (χ1) is 6.95. The molecule has 0 radical (unpaired) electrons. The smallest absolute Gasteiger partial charge is 0.353 e. The molecule has 2 rings (SSSR count). The number of carbonyl (C=O) groups is 2. The van der Waals surface area contributed by atoms with Crippen LogP contribution < -0.4 is 0 Å². The number of nitrogens with zero attached hydrogens (tertiary/aromatic N) is 1. The number of carboxylic acids is 1. The summed E-state index contributed by atoms with van der Waals surface area (Å²) in [6, 6.07) is 0.0537. The van der Waals surface area contributed by atoms with Crippen molar-refractivity contribution in [2.75, 3.05) is 0 Å². The number of carbonyl (C=O) groups excluding carboxylic acids is 1. The van der Waals surface area contributed by atoms with Crippen molar-refractivity contribution in [3.63, 3.8) is 0 Å². The highest BCUT2D eigenvalue weighted by Crippen LogP contribution is 2.46. The number of carboxylic acid groups (broad SMARTS) is 1. The highest BCUT2D eigenvalue weighted by molar-refractivity contribution is 9.11. The van der Waals surface area contributed by atoms with Crippen LogP contribution in [0.25, 0.3) is 0 Å². The number of amides is 1. The Hall–Kier alpha value is -0.840. The van der Waals surface area contributed by atoms with E-state index in [4.69, 9.17) is 5.11 Å². The van der Waals surface area contributed by atoms with Crippen molar-refractivity contribution >= 4 is 27.8 Å². The van der Waals surface area contributed by atoms with Crippen LogP contribution >= 0.6 is 15.9 Å². The number of hydrogen-bond donors (Lipinski definition) is 1. The van der Waals surface area contributed by atoms with Gasteiger partial charge >= 0.3 is 5.97 Å². The predicted molar refractivity (Wildman–Crippen MR) is 57.2 cm³/mol. The molecule has 1 fully saturated rings. The fourth-order valence-electron chi connectivity index (χ4n) is 2.42. The molecule has 0 aromatic rings. The molecule has 2 atom stereocenters. The number of halogens is 1.